The van der Waals surface area contributed by atoms with Crippen molar-refractivity contribution in [3.63, 3.8) is 0 Å². The standard InChI is InChI=1S/C21H36N2O5S/c1-4-18(5-2)21(23-11-13-27-14-12-23)17-22-29(24,25)20-9-7-19(8-10-20)28-16-15-26-6-3/h7-10,18,21-22H,4-6,11-17H2,1-3H3. The fraction of sp³-hybridized carbons (Fsp3) is 0.714. The minimum absolute atomic E-state index is 0.171. The molecule has 1 N–H and O–H groups in total. The third-order valence-corrected chi connectivity index (χ3v) is 6.86. The van der Waals surface area contributed by atoms with Crippen LogP contribution >= 0.6 is 0 Å². The maximum Gasteiger partial charge on any atom is 0.240 e. The van der Waals surface area contributed by atoms with Gasteiger partial charge in [0.1, 0.15) is 12.4 Å². The van der Waals surface area contributed by atoms with Crippen molar-refractivity contribution < 1.29 is 22.6 Å². The molecule has 29 heavy (non-hydrogen) atoms. The lowest BCUT2D eigenvalue weighted by atomic mass is 9.92. The molecule has 1 fully saturated rings. The highest BCUT2D eigenvalue weighted by Crippen LogP contribution is 2.21. The summed E-state index contributed by atoms with van der Waals surface area (Å²) in [7, 11) is -3.58. The predicted octanol–water partition coefficient (Wildman–Crippen LogP) is 2.52. The Kier molecular flexibility index (Phi) is 10.4. The van der Waals surface area contributed by atoms with Crippen LogP contribution in [0.5, 0.6) is 5.75 Å². The van der Waals surface area contributed by atoms with Crippen molar-refractivity contribution in [2.24, 2.45) is 5.92 Å². The molecule has 0 amide bonds. The van der Waals surface area contributed by atoms with Gasteiger partial charge in [0, 0.05) is 32.3 Å². The Hall–Kier alpha value is -1.19. The summed E-state index contributed by atoms with van der Waals surface area (Å²) in [6.45, 7) is 11.4. The topological polar surface area (TPSA) is 77.1 Å². The van der Waals surface area contributed by atoms with E-state index < -0.39 is 10.0 Å². The van der Waals surface area contributed by atoms with E-state index in [0.29, 0.717) is 51.2 Å². The van der Waals surface area contributed by atoms with Crippen molar-refractivity contribution in [2.75, 3.05) is 52.7 Å². The number of nitrogens with zero attached hydrogens (tertiary/aromatic N) is 1. The number of nitrogens with one attached hydrogen (secondary N) is 1. The van der Waals surface area contributed by atoms with Gasteiger partial charge in [0.05, 0.1) is 24.7 Å². The molecule has 1 saturated heterocycles. The van der Waals surface area contributed by atoms with Crippen LogP contribution in [0.4, 0.5) is 0 Å². The highest BCUT2D eigenvalue weighted by atomic mass is 32.2. The predicted molar refractivity (Wildman–Crippen MR) is 114 cm³/mol. The van der Waals surface area contributed by atoms with Crippen LogP contribution < -0.4 is 9.46 Å². The van der Waals surface area contributed by atoms with Gasteiger partial charge in [-0.15, -0.1) is 0 Å². The van der Waals surface area contributed by atoms with Crippen LogP contribution in [0.25, 0.3) is 0 Å². The summed E-state index contributed by atoms with van der Waals surface area (Å²) in [4.78, 5) is 2.61. The monoisotopic (exact) mass is 428 g/mol. The van der Waals surface area contributed by atoms with E-state index in [1.165, 1.54) is 0 Å². The average Bonchev–Trinajstić information content (AvgIpc) is 2.75. The molecule has 0 aromatic heterocycles. The third-order valence-electron chi connectivity index (χ3n) is 5.42. The zero-order valence-electron chi connectivity index (χ0n) is 17.9. The fourth-order valence-corrected chi connectivity index (χ4v) is 4.74. The molecule has 1 heterocycles. The molecule has 1 unspecified atom stereocenters. The number of rotatable bonds is 13. The molecule has 0 saturated carbocycles. The highest BCUT2D eigenvalue weighted by molar-refractivity contribution is 7.89. The van der Waals surface area contributed by atoms with Gasteiger partial charge >= 0.3 is 0 Å². The zero-order chi connectivity index (χ0) is 21.1. The molecule has 8 heteroatoms. The number of ether oxygens (including phenoxy) is 3. The van der Waals surface area contributed by atoms with Gasteiger partial charge in [0.2, 0.25) is 10.0 Å². The maximum absolute atomic E-state index is 12.8. The molecule has 7 nitrogen and oxygen atoms in total. The first-order chi connectivity index (χ1) is 14.0. The van der Waals surface area contributed by atoms with Gasteiger partial charge in [0.25, 0.3) is 0 Å². The second-order valence-electron chi connectivity index (χ2n) is 7.16. The first kappa shape index (κ1) is 24.1. The van der Waals surface area contributed by atoms with E-state index in [-0.39, 0.29) is 10.9 Å². The lowest BCUT2D eigenvalue weighted by molar-refractivity contribution is 0.00297. The van der Waals surface area contributed by atoms with E-state index in [0.717, 1.165) is 25.9 Å². The van der Waals surface area contributed by atoms with Gasteiger partial charge in [0.15, 0.2) is 0 Å². The lowest BCUT2D eigenvalue weighted by Gasteiger charge is -2.38. The van der Waals surface area contributed by atoms with Crippen LogP contribution in [0.2, 0.25) is 0 Å². The summed E-state index contributed by atoms with van der Waals surface area (Å²) in [5, 5.41) is 0. The molecule has 2 rings (SSSR count). The summed E-state index contributed by atoms with van der Waals surface area (Å²) >= 11 is 0. The van der Waals surface area contributed by atoms with Crippen molar-refractivity contribution >= 4 is 10.0 Å². The van der Waals surface area contributed by atoms with E-state index in [9.17, 15) is 8.42 Å². The molecular formula is C21H36N2O5S. The van der Waals surface area contributed by atoms with E-state index in [1.54, 1.807) is 24.3 Å². The Morgan fingerprint density at radius 1 is 1.07 bits per heavy atom. The normalized spacial score (nSPS) is 16.8. The maximum atomic E-state index is 12.8. The Morgan fingerprint density at radius 2 is 1.72 bits per heavy atom. The molecule has 1 aromatic rings. The minimum Gasteiger partial charge on any atom is -0.491 e. The van der Waals surface area contributed by atoms with Crippen LogP contribution in [-0.2, 0) is 19.5 Å². The van der Waals surface area contributed by atoms with Crippen LogP contribution in [-0.4, -0.2) is 72.0 Å². The molecule has 0 radical (unpaired) electrons. The van der Waals surface area contributed by atoms with E-state index in [1.807, 2.05) is 6.92 Å². The second kappa shape index (κ2) is 12.5. The number of sulfonamides is 1. The zero-order valence-corrected chi connectivity index (χ0v) is 18.7. The van der Waals surface area contributed by atoms with Crippen LogP contribution in [0.3, 0.4) is 0 Å². The quantitative estimate of drug-likeness (QED) is 0.487. The van der Waals surface area contributed by atoms with E-state index in [2.05, 4.69) is 23.5 Å². The fourth-order valence-electron chi connectivity index (χ4n) is 3.69. The number of benzene rings is 1. The van der Waals surface area contributed by atoms with Gasteiger partial charge in [-0.1, -0.05) is 26.7 Å². The van der Waals surface area contributed by atoms with Crippen LogP contribution in [0.1, 0.15) is 33.6 Å². The Balaban J connectivity index is 1.98. The van der Waals surface area contributed by atoms with Crippen molar-refractivity contribution in [2.45, 2.75) is 44.6 Å². The van der Waals surface area contributed by atoms with Gasteiger partial charge in [-0.25, -0.2) is 13.1 Å². The molecule has 166 valence electrons. The first-order valence-corrected chi connectivity index (χ1v) is 12.1. The van der Waals surface area contributed by atoms with Crippen molar-refractivity contribution in [1.29, 1.82) is 0 Å². The second-order valence-corrected chi connectivity index (χ2v) is 8.93. The molecule has 1 aromatic carbocycles. The molecule has 0 spiro atoms. The first-order valence-electron chi connectivity index (χ1n) is 10.6. The number of hydrogen-bond donors (Lipinski definition) is 1. The number of hydrogen-bond acceptors (Lipinski definition) is 6. The summed E-state index contributed by atoms with van der Waals surface area (Å²) in [6, 6.07) is 6.70. The van der Waals surface area contributed by atoms with Crippen molar-refractivity contribution in [1.82, 2.24) is 9.62 Å². The Labute approximate surface area is 175 Å². The lowest BCUT2D eigenvalue weighted by Crippen LogP contribution is -2.52. The van der Waals surface area contributed by atoms with E-state index >= 15 is 0 Å². The summed E-state index contributed by atoms with van der Waals surface area (Å²) in [6.07, 6.45) is 2.04. The van der Waals surface area contributed by atoms with Gasteiger partial charge in [-0.05, 0) is 37.1 Å². The summed E-state index contributed by atoms with van der Waals surface area (Å²) in [5.41, 5.74) is 0. The Morgan fingerprint density at radius 3 is 2.31 bits per heavy atom. The molecule has 1 atom stereocenters. The molecule has 0 aliphatic carbocycles. The van der Waals surface area contributed by atoms with Gasteiger partial charge in [-0.3, -0.25) is 4.90 Å². The summed E-state index contributed by atoms with van der Waals surface area (Å²) < 4.78 is 44.7. The molecule has 1 aliphatic heterocycles. The molecular weight excluding hydrogens is 392 g/mol. The Bertz CT molecular complexity index is 671. The van der Waals surface area contributed by atoms with Crippen molar-refractivity contribution in [3.8, 4) is 5.75 Å². The van der Waals surface area contributed by atoms with Gasteiger partial charge in [-0.2, -0.15) is 0 Å². The van der Waals surface area contributed by atoms with Gasteiger partial charge < -0.3 is 14.2 Å². The van der Waals surface area contributed by atoms with Crippen LogP contribution in [0.15, 0.2) is 29.2 Å². The highest BCUT2D eigenvalue weighted by Gasteiger charge is 2.28. The SMILES string of the molecule is CCOCCOc1ccc(S(=O)(=O)NCC(C(CC)CC)N2CCOCC2)cc1. The number of morpholine rings is 1. The third kappa shape index (κ3) is 7.53. The van der Waals surface area contributed by atoms with Crippen LogP contribution in [0, 0.1) is 5.92 Å². The molecule has 1 aliphatic rings. The smallest absolute Gasteiger partial charge is 0.240 e. The largest absolute Gasteiger partial charge is 0.491 e. The van der Waals surface area contributed by atoms with Crippen molar-refractivity contribution in [3.05, 3.63) is 24.3 Å². The minimum atomic E-state index is -3.58. The molecule has 0 bridgehead atoms. The summed E-state index contributed by atoms with van der Waals surface area (Å²) in [5.74, 6) is 1.07. The van der Waals surface area contributed by atoms with E-state index in [4.69, 9.17) is 14.2 Å². The average molecular weight is 429 g/mol.